The summed E-state index contributed by atoms with van der Waals surface area (Å²) in [5.41, 5.74) is 4.02. The SMILES string of the molecule is CCc1cccc2c(C(=O)NCc3ccc(Cl)c(Cl)c3)cn(CCCN3CCN(CCOc4ccc(Cl)cc4)CC3)c12. The Bertz CT molecular complexity index is 1500. The van der Waals surface area contributed by atoms with Crippen LogP contribution in [0.25, 0.3) is 10.9 Å². The number of nitrogens with one attached hydrogen (secondary N) is 1. The van der Waals surface area contributed by atoms with Crippen molar-refractivity contribution < 1.29 is 9.53 Å². The molecule has 1 aromatic heterocycles. The fourth-order valence-corrected chi connectivity index (χ4v) is 5.98. The van der Waals surface area contributed by atoms with E-state index in [1.54, 1.807) is 12.1 Å². The highest BCUT2D eigenvalue weighted by Crippen LogP contribution is 2.27. The van der Waals surface area contributed by atoms with Crippen LogP contribution in [0.4, 0.5) is 0 Å². The largest absolute Gasteiger partial charge is 0.492 e. The van der Waals surface area contributed by atoms with Crippen molar-refractivity contribution in [2.24, 2.45) is 0 Å². The van der Waals surface area contributed by atoms with Gasteiger partial charge in [0.05, 0.1) is 21.1 Å². The third-order valence-electron chi connectivity index (χ3n) is 7.87. The lowest BCUT2D eigenvalue weighted by Crippen LogP contribution is -2.47. The Labute approximate surface area is 263 Å². The molecule has 1 saturated heterocycles. The summed E-state index contributed by atoms with van der Waals surface area (Å²) < 4.78 is 8.14. The Kier molecular flexibility index (Phi) is 10.7. The van der Waals surface area contributed by atoms with E-state index in [9.17, 15) is 4.79 Å². The van der Waals surface area contributed by atoms with Gasteiger partial charge in [-0.3, -0.25) is 9.69 Å². The monoisotopic (exact) mass is 626 g/mol. The van der Waals surface area contributed by atoms with Crippen molar-refractivity contribution in [3.63, 3.8) is 0 Å². The van der Waals surface area contributed by atoms with E-state index >= 15 is 0 Å². The Balaban J connectivity index is 1.13. The zero-order chi connectivity index (χ0) is 29.5. The van der Waals surface area contributed by atoms with E-state index in [4.69, 9.17) is 39.5 Å². The highest BCUT2D eigenvalue weighted by molar-refractivity contribution is 6.42. The Morgan fingerprint density at radius 1 is 0.881 bits per heavy atom. The van der Waals surface area contributed by atoms with Crippen LogP contribution in [-0.4, -0.2) is 66.1 Å². The van der Waals surface area contributed by atoms with Gasteiger partial charge in [-0.1, -0.05) is 66.0 Å². The number of fused-ring (bicyclic) bond motifs is 1. The molecule has 6 nitrogen and oxygen atoms in total. The lowest BCUT2D eigenvalue weighted by Gasteiger charge is -2.34. The summed E-state index contributed by atoms with van der Waals surface area (Å²) in [5, 5.41) is 5.76. The number of para-hydroxylation sites is 1. The number of hydrogen-bond acceptors (Lipinski definition) is 4. The molecule has 42 heavy (non-hydrogen) atoms. The number of aromatic nitrogens is 1. The number of ether oxygens (including phenoxy) is 1. The van der Waals surface area contributed by atoms with E-state index in [-0.39, 0.29) is 5.91 Å². The van der Waals surface area contributed by atoms with Gasteiger partial charge in [0.2, 0.25) is 0 Å². The molecular weight excluding hydrogens is 591 g/mol. The summed E-state index contributed by atoms with van der Waals surface area (Å²) in [6, 6.07) is 19.2. The molecular formula is C33H37Cl3N4O2. The number of benzene rings is 3. The predicted molar refractivity (Wildman–Crippen MR) is 173 cm³/mol. The van der Waals surface area contributed by atoms with Crippen molar-refractivity contribution in [3.05, 3.63) is 98.6 Å². The number of carbonyl (C=O) groups is 1. The summed E-state index contributed by atoms with van der Waals surface area (Å²) in [5.74, 6) is 0.767. The molecule has 0 saturated carbocycles. The molecule has 0 unspecified atom stereocenters. The molecule has 0 atom stereocenters. The average Bonchev–Trinajstić information content (AvgIpc) is 3.38. The van der Waals surface area contributed by atoms with Crippen molar-refractivity contribution in [2.75, 3.05) is 45.9 Å². The minimum absolute atomic E-state index is 0.0887. The number of carbonyl (C=O) groups excluding carboxylic acids is 1. The van der Waals surface area contributed by atoms with Gasteiger partial charge in [-0.2, -0.15) is 0 Å². The first-order chi connectivity index (χ1) is 20.4. The normalized spacial score (nSPS) is 14.4. The summed E-state index contributed by atoms with van der Waals surface area (Å²) in [7, 11) is 0. The van der Waals surface area contributed by atoms with Crippen LogP contribution in [-0.2, 0) is 19.5 Å². The van der Waals surface area contributed by atoms with Gasteiger partial charge >= 0.3 is 0 Å². The van der Waals surface area contributed by atoms with Crippen LogP contribution in [0.5, 0.6) is 5.75 Å². The molecule has 2 heterocycles. The number of hydrogen-bond donors (Lipinski definition) is 1. The van der Waals surface area contributed by atoms with Gasteiger partial charge in [-0.15, -0.1) is 0 Å². The lowest BCUT2D eigenvalue weighted by atomic mass is 10.1. The molecule has 1 fully saturated rings. The maximum Gasteiger partial charge on any atom is 0.253 e. The minimum atomic E-state index is -0.0887. The molecule has 0 bridgehead atoms. The van der Waals surface area contributed by atoms with E-state index in [0.717, 1.165) is 85.9 Å². The first-order valence-corrected chi connectivity index (χ1v) is 15.7. The lowest BCUT2D eigenvalue weighted by molar-refractivity contribution is 0.0952. The number of rotatable bonds is 12. The number of aryl methyl sites for hydroxylation is 2. The van der Waals surface area contributed by atoms with E-state index in [1.165, 1.54) is 5.56 Å². The van der Waals surface area contributed by atoms with Crippen molar-refractivity contribution in [1.29, 1.82) is 0 Å². The molecule has 0 spiro atoms. The second-order valence-corrected chi connectivity index (χ2v) is 11.9. The quantitative estimate of drug-likeness (QED) is 0.181. The highest BCUT2D eigenvalue weighted by atomic mass is 35.5. The molecule has 0 radical (unpaired) electrons. The van der Waals surface area contributed by atoms with Crippen molar-refractivity contribution in [3.8, 4) is 5.75 Å². The Morgan fingerprint density at radius 3 is 2.33 bits per heavy atom. The fourth-order valence-electron chi connectivity index (χ4n) is 5.53. The second kappa shape index (κ2) is 14.6. The zero-order valence-corrected chi connectivity index (χ0v) is 26.2. The van der Waals surface area contributed by atoms with Crippen LogP contribution in [0, 0.1) is 0 Å². The first kappa shape index (κ1) is 30.7. The van der Waals surface area contributed by atoms with Gasteiger partial charge in [0.25, 0.3) is 5.91 Å². The molecule has 3 aromatic carbocycles. The topological polar surface area (TPSA) is 49.7 Å². The van der Waals surface area contributed by atoms with Gasteiger partial charge in [-0.25, -0.2) is 0 Å². The summed E-state index contributed by atoms with van der Waals surface area (Å²) >= 11 is 18.1. The Morgan fingerprint density at radius 2 is 1.62 bits per heavy atom. The Hall–Kier alpha value is -2.74. The predicted octanol–water partition coefficient (Wildman–Crippen LogP) is 7.18. The average molecular weight is 628 g/mol. The molecule has 1 aliphatic rings. The van der Waals surface area contributed by atoms with Crippen molar-refractivity contribution in [2.45, 2.75) is 32.9 Å². The first-order valence-electron chi connectivity index (χ1n) is 14.6. The molecule has 222 valence electrons. The van der Waals surface area contributed by atoms with E-state index in [1.807, 2.05) is 42.6 Å². The zero-order valence-electron chi connectivity index (χ0n) is 23.9. The van der Waals surface area contributed by atoms with Crippen LogP contribution < -0.4 is 10.1 Å². The van der Waals surface area contributed by atoms with Gasteiger partial charge in [0, 0.05) is 62.4 Å². The van der Waals surface area contributed by atoms with Crippen LogP contribution >= 0.6 is 34.8 Å². The highest BCUT2D eigenvalue weighted by Gasteiger charge is 2.19. The van der Waals surface area contributed by atoms with Gasteiger partial charge < -0.3 is 19.5 Å². The van der Waals surface area contributed by atoms with E-state index in [2.05, 4.69) is 38.7 Å². The molecule has 5 rings (SSSR count). The minimum Gasteiger partial charge on any atom is -0.492 e. The third-order valence-corrected chi connectivity index (χ3v) is 8.86. The number of amides is 1. The summed E-state index contributed by atoms with van der Waals surface area (Å²) in [4.78, 5) is 18.3. The number of halogens is 3. The van der Waals surface area contributed by atoms with Gasteiger partial charge in [-0.05, 0) is 66.9 Å². The van der Waals surface area contributed by atoms with Gasteiger partial charge in [0.15, 0.2) is 0 Å². The number of piperazine rings is 1. The van der Waals surface area contributed by atoms with Crippen molar-refractivity contribution >= 4 is 51.6 Å². The maximum absolute atomic E-state index is 13.3. The van der Waals surface area contributed by atoms with Crippen molar-refractivity contribution in [1.82, 2.24) is 19.7 Å². The standard InChI is InChI=1S/C33H37Cl3N4O2/c1-2-25-5-3-6-28-29(33(41)37-22-24-7-12-30(35)31(36)21-24)23-40(32(25)28)14-4-13-38-15-17-39(18-16-38)19-20-42-27-10-8-26(34)9-11-27/h3,5-12,21,23H,2,4,13-20,22H2,1H3,(H,37,41). The van der Waals surface area contributed by atoms with E-state index < -0.39 is 0 Å². The van der Waals surface area contributed by atoms with Crippen LogP contribution in [0.15, 0.2) is 66.9 Å². The van der Waals surface area contributed by atoms with Crippen LogP contribution in [0.1, 0.15) is 34.8 Å². The maximum atomic E-state index is 13.3. The smallest absolute Gasteiger partial charge is 0.253 e. The molecule has 9 heteroatoms. The third kappa shape index (κ3) is 7.80. The van der Waals surface area contributed by atoms with Crippen LogP contribution in [0.2, 0.25) is 15.1 Å². The summed E-state index contributed by atoms with van der Waals surface area (Å²) in [6.45, 7) is 10.2. The molecule has 1 aliphatic heterocycles. The fraction of sp³-hybridized carbons (Fsp3) is 0.364. The van der Waals surface area contributed by atoms with Crippen LogP contribution in [0.3, 0.4) is 0 Å². The van der Waals surface area contributed by atoms with E-state index in [0.29, 0.717) is 28.8 Å². The van der Waals surface area contributed by atoms with Gasteiger partial charge in [0.1, 0.15) is 12.4 Å². The number of nitrogens with zero attached hydrogens (tertiary/aromatic N) is 3. The second-order valence-electron chi connectivity index (χ2n) is 10.7. The molecule has 1 N–H and O–H groups in total. The molecule has 0 aliphatic carbocycles. The summed E-state index contributed by atoms with van der Waals surface area (Å²) in [6.07, 6.45) is 3.95. The molecule has 4 aromatic rings. The molecule has 1 amide bonds.